The third-order valence-corrected chi connectivity index (χ3v) is 13.3. The smallest absolute Gasteiger partial charge is 0.143 e. The zero-order chi connectivity index (χ0) is 35.0. The Bertz CT molecular complexity index is 3320. The van der Waals surface area contributed by atoms with Gasteiger partial charge in [-0.3, -0.25) is 0 Å². The number of rotatable bonds is 2. The Morgan fingerprint density at radius 2 is 0.981 bits per heavy atom. The Balaban J connectivity index is 0.972. The van der Waals surface area contributed by atoms with Crippen LogP contribution in [0.1, 0.15) is 25.0 Å². The Morgan fingerprint density at radius 3 is 1.72 bits per heavy atom. The highest BCUT2D eigenvalue weighted by molar-refractivity contribution is 7.26. The van der Waals surface area contributed by atoms with Crippen molar-refractivity contribution >= 4 is 85.8 Å². The van der Waals surface area contributed by atoms with E-state index in [-0.39, 0.29) is 5.41 Å². The van der Waals surface area contributed by atoms with Gasteiger partial charge in [0.1, 0.15) is 11.2 Å². The Kier molecular flexibility index (Phi) is 5.78. The van der Waals surface area contributed by atoms with Gasteiger partial charge < -0.3 is 4.42 Å². The van der Waals surface area contributed by atoms with E-state index >= 15 is 0 Å². The highest BCUT2D eigenvalue weighted by atomic mass is 32.1. The van der Waals surface area contributed by atoms with Gasteiger partial charge in [-0.2, -0.15) is 0 Å². The first-order valence-corrected chi connectivity index (χ1v) is 19.2. The molecule has 11 aromatic rings. The summed E-state index contributed by atoms with van der Waals surface area (Å²) in [6.45, 7) is 4.79. The maximum atomic E-state index is 6.41. The molecule has 9 aromatic carbocycles. The minimum Gasteiger partial charge on any atom is -0.455 e. The quantitative estimate of drug-likeness (QED) is 0.164. The van der Waals surface area contributed by atoms with Gasteiger partial charge in [0, 0.05) is 47.1 Å². The molecule has 0 unspecified atom stereocenters. The molecule has 0 N–H and O–H groups in total. The summed E-state index contributed by atoms with van der Waals surface area (Å²) in [5.74, 6) is 0. The molecule has 0 radical (unpaired) electrons. The van der Waals surface area contributed by atoms with E-state index in [1.54, 1.807) is 0 Å². The molecule has 2 aromatic heterocycles. The van der Waals surface area contributed by atoms with Crippen LogP contribution >= 0.6 is 11.3 Å². The van der Waals surface area contributed by atoms with Crippen LogP contribution in [0.5, 0.6) is 0 Å². The zero-order valence-electron chi connectivity index (χ0n) is 29.3. The second-order valence-corrected chi connectivity index (χ2v) is 16.3. The van der Waals surface area contributed by atoms with Gasteiger partial charge in [0.15, 0.2) is 0 Å². The second-order valence-electron chi connectivity index (χ2n) is 15.2. The topological polar surface area (TPSA) is 13.1 Å². The molecule has 0 amide bonds. The summed E-state index contributed by atoms with van der Waals surface area (Å²) in [6, 6.07) is 58.6. The van der Waals surface area contributed by atoms with Gasteiger partial charge >= 0.3 is 0 Å². The predicted molar refractivity (Wildman–Crippen MR) is 228 cm³/mol. The van der Waals surface area contributed by atoms with E-state index in [4.69, 9.17) is 4.42 Å². The molecule has 0 saturated carbocycles. The molecule has 12 rings (SSSR count). The van der Waals surface area contributed by atoms with E-state index in [1.165, 1.54) is 108 Å². The summed E-state index contributed by atoms with van der Waals surface area (Å²) < 4.78 is 9.04. The number of hydrogen-bond donors (Lipinski definition) is 0. The van der Waals surface area contributed by atoms with Crippen molar-refractivity contribution in [1.29, 1.82) is 0 Å². The lowest BCUT2D eigenvalue weighted by molar-refractivity contribution is 0.661. The second kappa shape index (κ2) is 10.4. The third-order valence-electron chi connectivity index (χ3n) is 12.0. The lowest BCUT2D eigenvalue weighted by Gasteiger charge is -2.23. The minimum absolute atomic E-state index is 0.142. The van der Waals surface area contributed by atoms with Crippen LogP contribution in [0.4, 0.5) is 0 Å². The summed E-state index contributed by atoms with van der Waals surface area (Å²) >= 11 is 1.88. The summed E-state index contributed by atoms with van der Waals surface area (Å²) in [4.78, 5) is 0. The highest BCUT2D eigenvalue weighted by Crippen LogP contribution is 2.52. The monoisotopic (exact) mass is 692 g/mol. The fraction of sp³-hybridized carbons (Fsp3) is 0.0588. The maximum absolute atomic E-state index is 6.41. The van der Waals surface area contributed by atoms with Gasteiger partial charge in [0.25, 0.3) is 0 Å². The van der Waals surface area contributed by atoms with Gasteiger partial charge in [-0.1, -0.05) is 123 Å². The maximum Gasteiger partial charge on any atom is 0.143 e. The van der Waals surface area contributed by atoms with Gasteiger partial charge in [-0.15, -0.1) is 11.3 Å². The standard InChI is InChI=1S/C51H32OS/c1-51(2)44-27-30(15-18-36(44)37-19-16-33(28-45(37)51)48-34-11-5-3-9-31(34)25-32-10-4-6-12-35(32)48)29-17-24-47-43(26-29)42-23-21-40-41(50(42)53-47)22-20-39-38-13-7-8-14-46(38)52-49(39)40/h3-28H,1-2H3. The fourth-order valence-corrected chi connectivity index (χ4v) is 10.6. The molecule has 1 aliphatic rings. The van der Waals surface area contributed by atoms with Crippen molar-refractivity contribution in [2.45, 2.75) is 19.3 Å². The Hall–Kier alpha value is -6.22. The van der Waals surface area contributed by atoms with Crippen molar-refractivity contribution < 1.29 is 4.42 Å². The minimum atomic E-state index is -0.142. The highest BCUT2D eigenvalue weighted by Gasteiger charge is 2.36. The molecule has 1 nitrogen and oxygen atoms in total. The van der Waals surface area contributed by atoms with Crippen LogP contribution in [0, 0.1) is 0 Å². The van der Waals surface area contributed by atoms with Crippen LogP contribution in [0.15, 0.2) is 162 Å². The van der Waals surface area contributed by atoms with Gasteiger partial charge in [-0.05, 0) is 115 Å². The number of fused-ring (bicyclic) bond motifs is 14. The number of hydrogen-bond acceptors (Lipinski definition) is 2. The zero-order valence-corrected chi connectivity index (χ0v) is 30.1. The first kappa shape index (κ1) is 29.4. The normalized spacial score (nSPS) is 13.6. The van der Waals surface area contributed by atoms with Crippen LogP contribution in [-0.4, -0.2) is 0 Å². The fourth-order valence-electron chi connectivity index (χ4n) is 9.40. The molecule has 0 atom stereocenters. The van der Waals surface area contributed by atoms with E-state index in [0.29, 0.717) is 0 Å². The van der Waals surface area contributed by atoms with E-state index in [2.05, 4.69) is 166 Å². The lowest BCUT2D eigenvalue weighted by Crippen LogP contribution is -2.15. The molecule has 2 heterocycles. The Labute approximate surface area is 310 Å². The van der Waals surface area contributed by atoms with Crippen LogP contribution in [0.2, 0.25) is 0 Å². The van der Waals surface area contributed by atoms with E-state index in [1.807, 2.05) is 17.4 Å². The molecular formula is C51H32OS. The van der Waals surface area contributed by atoms with Crippen LogP contribution in [0.25, 0.3) is 108 Å². The SMILES string of the molecule is CC1(C)c2cc(-c3ccc4sc5c(ccc6c5ccc5c7ccccc7oc56)c4c3)ccc2-c2ccc(-c3c4ccccc4cc4ccccc34)cc21. The third kappa shape index (κ3) is 4.02. The molecule has 0 saturated heterocycles. The molecule has 1 aliphatic carbocycles. The van der Waals surface area contributed by atoms with Crippen molar-refractivity contribution in [3.8, 4) is 33.4 Å². The number of furan rings is 1. The van der Waals surface area contributed by atoms with Crippen LogP contribution < -0.4 is 0 Å². The average Bonchev–Trinajstić information content (AvgIpc) is 3.84. The Morgan fingerprint density at radius 1 is 0.434 bits per heavy atom. The van der Waals surface area contributed by atoms with Gasteiger partial charge in [0.05, 0.1) is 0 Å². The number of benzene rings is 9. The van der Waals surface area contributed by atoms with E-state index in [9.17, 15) is 0 Å². The molecule has 0 spiro atoms. The lowest BCUT2D eigenvalue weighted by atomic mass is 9.80. The summed E-state index contributed by atoms with van der Waals surface area (Å²) in [7, 11) is 0. The van der Waals surface area contributed by atoms with Crippen LogP contribution in [-0.2, 0) is 5.41 Å². The average molecular weight is 693 g/mol. The predicted octanol–water partition coefficient (Wildman–Crippen LogP) is 15.1. The molecule has 53 heavy (non-hydrogen) atoms. The summed E-state index contributed by atoms with van der Waals surface area (Å²) in [5.41, 5.74) is 12.4. The number of para-hydroxylation sites is 1. The summed E-state index contributed by atoms with van der Waals surface area (Å²) in [6.07, 6.45) is 0. The first-order chi connectivity index (χ1) is 26.0. The van der Waals surface area contributed by atoms with Crippen molar-refractivity contribution in [3.05, 3.63) is 169 Å². The molecule has 0 bridgehead atoms. The molecule has 248 valence electrons. The largest absolute Gasteiger partial charge is 0.455 e. The van der Waals surface area contributed by atoms with Crippen molar-refractivity contribution in [3.63, 3.8) is 0 Å². The molecule has 2 heteroatoms. The van der Waals surface area contributed by atoms with Crippen molar-refractivity contribution in [2.75, 3.05) is 0 Å². The van der Waals surface area contributed by atoms with Crippen LogP contribution in [0.3, 0.4) is 0 Å². The van der Waals surface area contributed by atoms with Crippen molar-refractivity contribution in [1.82, 2.24) is 0 Å². The number of thiophene rings is 1. The van der Waals surface area contributed by atoms with E-state index < -0.39 is 0 Å². The molecule has 0 aliphatic heterocycles. The van der Waals surface area contributed by atoms with Gasteiger partial charge in [0.2, 0.25) is 0 Å². The van der Waals surface area contributed by atoms with Crippen molar-refractivity contribution in [2.24, 2.45) is 0 Å². The molecular weight excluding hydrogens is 661 g/mol. The first-order valence-electron chi connectivity index (χ1n) is 18.4. The van der Waals surface area contributed by atoms with Gasteiger partial charge in [-0.25, -0.2) is 0 Å². The van der Waals surface area contributed by atoms with E-state index in [0.717, 1.165) is 11.2 Å². The molecule has 0 fully saturated rings. The summed E-state index contributed by atoms with van der Waals surface area (Å²) in [5, 5.41) is 12.5.